The standard InChI is InChI=1S/C19H19NO4S/c1-4-23-19(22)18(24-12(2)21)13-9-10-15-17(11-13)25-16-8-6-5-7-14(16)20(15)3/h5-11,18H,4H2,1-3H3/t18-/m0/s1. The maximum atomic E-state index is 12.2. The first-order valence-electron chi connectivity index (χ1n) is 7.99. The van der Waals surface area contributed by atoms with E-state index in [9.17, 15) is 9.59 Å². The third kappa shape index (κ3) is 3.49. The largest absolute Gasteiger partial charge is 0.463 e. The number of carbonyl (C=O) groups excluding carboxylic acids is 2. The van der Waals surface area contributed by atoms with Gasteiger partial charge in [0.25, 0.3) is 0 Å². The van der Waals surface area contributed by atoms with Crippen LogP contribution in [0.3, 0.4) is 0 Å². The first-order valence-corrected chi connectivity index (χ1v) is 8.81. The van der Waals surface area contributed by atoms with E-state index >= 15 is 0 Å². The number of para-hydroxylation sites is 1. The number of hydrogen-bond acceptors (Lipinski definition) is 6. The van der Waals surface area contributed by atoms with Gasteiger partial charge in [0.2, 0.25) is 6.10 Å². The minimum absolute atomic E-state index is 0.229. The van der Waals surface area contributed by atoms with E-state index in [0.29, 0.717) is 5.56 Å². The van der Waals surface area contributed by atoms with E-state index in [1.54, 1.807) is 24.8 Å². The molecule has 0 spiro atoms. The van der Waals surface area contributed by atoms with E-state index < -0.39 is 18.0 Å². The van der Waals surface area contributed by atoms with Crippen LogP contribution in [0.25, 0.3) is 0 Å². The van der Waals surface area contributed by atoms with Crippen LogP contribution in [0, 0.1) is 0 Å². The molecule has 0 aromatic heterocycles. The van der Waals surface area contributed by atoms with Crippen molar-refractivity contribution in [1.29, 1.82) is 0 Å². The Labute approximate surface area is 150 Å². The number of fused-ring (bicyclic) bond motifs is 2. The molecule has 0 N–H and O–H groups in total. The molecule has 5 nitrogen and oxygen atoms in total. The predicted molar refractivity (Wildman–Crippen MR) is 96.2 cm³/mol. The van der Waals surface area contributed by atoms with Crippen LogP contribution in [0.4, 0.5) is 11.4 Å². The van der Waals surface area contributed by atoms with E-state index in [1.165, 1.54) is 6.92 Å². The molecule has 130 valence electrons. The zero-order valence-electron chi connectivity index (χ0n) is 14.3. The van der Waals surface area contributed by atoms with Crippen LogP contribution in [0.5, 0.6) is 0 Å². The maximum absolute atomic E-state index is 12.2. The number of benzene rings is 2. The van der Waals surface area contributed by atoms with Crippen molar-refractivity contribution >= 4 is 35.1 Å². The second-order valence-corrected chi connectivity index (χ2v) is 6.68. The number of nitrogens with zero attached hydrogens (tertiary/aromatic N) is 1. The molecule has 0 fully saturated rings. The van der Waals surface area contributed by atoms with E-state index in [1.807, 2.05) is 31.3 Å². The van der Waals surface area contributed by atoms with Crippen molar-refractivity contribution in [2.75, 3.05) is 18.6 Å². The number of carbonyl (C=O) groups is 2. The molecule has 1 atom stereocenters. The summed E-state index contributed by atoms with van der Waals surface area (Å²) < 4.78 is 10.2. The third-order valence-corrected chi connectivity index (χ3v) is 4.99. The molecule has 0 radical (unpaired) electrons. The highest BCUT2D eigenvalue weighted by Gasteiger charge is 2.28. The molecule has 2 aromatic rings. The van der Waals surface area contributed by atoms with Crippen molar-refractivity contribution in [3.8, 4) is 0 Å². The van der Waals surface area contributed by atoms with Gasteiger partial charge < -0.3 is 14.4 Å². The van der Waals surface area contributed by atoms with Crippen LogP contribution in [0.2, 0.25) is 0 Å². The molecule has 0 saturated heterocycles. The van der Waals surface area contributed by atoms with Gasteiger partial charge in [0, 0.05) is 29.3 Å². The van der Waals surface area contributed by atoms with Gasteiger partial charge in [0.15, 0.2) is 0 Å². The van der Waals surface area contributed by atoms with Crippen LogP contribution in [0.1, 0.15) is 25.5 Å². The molecule has 1 aliphatic rings. The van der Waals surface area contributed by atoms with Gasteiger partial charge in [0.1, 0.15) is 0 Å². The molecule has 6 heteroatoms. The van der Waals surface area contributed by atoms with Crippen LogP contribution in [-0.2, 0) is 19.1 Å². The van der Waals surface area contributed by atoms with Gasteiger partial charge in [-0.05, 0) is 31.2 Å². The number of ether oxygens (including phenoxy) is 2. The molecule has 0 saturated carbocycles. The second kappa shape index (κ2) is 7.19. The summed E-state index contributed by atoms with van der Waals surface area (Å²) in [6, 6.07) is 13.7. The smallest absolute Gasteiger partial charge is 0.352 e. The van der Waals surface area contributed by atoms with Crippen LogP contribution >= 0.6 is 11.8 Å². The fourth-order valence-electron chi connectivity index (χ4n) is 2.76. The molecular formula is C19H19NO4S. The van der Waals surface area contributed by atoms with Crippen LogP contribution in [-0.4, -0.2) is 25.6 Å². The van der Waals surface area contributed by atoms with Gasteiger partial charge in [-0.1, -0.05) is 30.0 Å². The summed E-state index contributed by atoms with van der Waals surface area (Å²) in [5.41, 5.74) is 2.78. The second-order valence-electron chi connectivity index (χ2n) is 5.60. The summed E-state index contributed by atoms with van der Waals surface area (Å²) in [5, 5.41) is 0. The Morgan fingerprint density at radius 2 is 1.84 bits per heavy atom. The van der Waals surface area contributed by atoms with Gasteiger partial charge in [-0.2, -0.15) is 0 Å². The number of rotatable bonds is 4. The van der Waals surface area contributed by atoms with Gasteiger partial charge in [-0.25, -0.2) is 4.79 Å². The van der Waals surface area contributed by atoms with E-state index in [-0.39, 0.29) is 6.61 Å². The van der Waals surface area contributed by atoms with Crippen molar-refractivity contribution < 1.29 is 19.1 Å². The molecule has 0 aliphatic carbocycles. The van der Waals surface area contributed by atoms with Gasteiger partial charge in [-0.3, -0.25) is 4.79 Å². The molecule has 0 unspecified atom stereocenters. The number of hydrogen-bond donors (Lipinski definition) is 0. The maximum Gasteiger partial charge on any atom is 0.352 e. The Balaban J connectivity index is 1.97. The van der Waals surface area contributed by atoms with Crippen molar-refractivity contribution in [3.63, 3.8) is 0 Å². The third-order valence-electron chi connectivity index (χ3n) is 3.88. The van der Waals surface area contributed by atoms with Crippen LogP contribution < -0.4 is 4.90 Å². The lowest BCUT2D eigenvalue weighted by molar-refractivity contribution is -0.167. The fraction of sp³-hybridized carbons (Fsp3) is 0.263. The first kappa shape index (κ1) is 17.4. The lowest BCUT2D eigenvalue weighted by atomic mass is 10.1. The Morgan fingerprint density at radius 1 is 1.12 bits per heavy atom. The highest BCUT2D eigenvalue weighted by Crippen LogP contribution is 2.48. The van der Waals surface area contributed by atoms with Crippen molar-refractivity contribution in [2.24, 2.45) is 0 Å². The zero-order chi connectivity index (χ0) is 18.0. The summed E-state index contributed by atoms with van der Waals surface area (Å²) in [6.07, 6.45) is -1.05. The minimum atomic E-state index is -1.05. The normalized spacial score (nSPS) is 13.5. The number of anilines is 2. The van der Waals surface area contributed by atoms with E-state index in [0.717, 1.165) is 21.2 Å². The Morgan fingerprint density at radius 3 is 2.56 bits per heavy atom. The van der Waals surface area contributed by atoms with Crippen molar-refractivity contribution in [1.82, 2.24) is 0 Å². The molecule has 0 bridgehead atoms. The summed E-state index contributed by atoms with van der Waals surface area (Å²) in [7, 11) is 2.01. The Kier molecular flexibility index (Phi) is 4.99. The quantitative estimate of drug-likeness (QED) is 0.769. The average molecular weight is 357 g/mol. The van der Waals surface area contributed by atoms with E-state index in [4.69, 9.17) is 9.47 Å². The summed E-state index contributed by atoms with van der Waals surface area (Å²) in [4.78, 5) is 27.8. The summed E-state index contributed by atoms with van der Waals surface area (Å²) in [6.45, 7) is 3.23. The van der Waals surface area contributed by atoms with Crippen molar-refractivity contribution in [3.05, 3.63) is 48.0 Å². The summed E-state index contributed by atoms with van der Waals surface area (Å²) >= 11 is 1.63. The molecule has 3 rings (SSSR count). The van der Waals surface area contributed by atoms with Gasteiger partial charge in [-0.15, -0.1) is 0 Å². The molecule has 25 heavy (non-hydrogen) atoms. The highest BCUT2D eigenvalue weighted by atomic mass is 32.2. The van der Waals surface area contributed by atoms with Gasteiger partial charge in [0.05, 0.1) is 18.0 Å². The molecular weight excluding hydrogens is 338 g/mol. The fourth-order valence-corrected chi connectivity index (χ4v) is 3.96. The van der Waals surface area contributed by atoms with E-state index in [2.05, 4.69) is 17.0 Å². The summed E-state index contributed by atoms with van der Waals surface area (Å²) in [5.74, 6) is -1.09. The van der Waals surface area contributed by atoms with Crippen LogP contribution in [0.15, 0.2) is 52.3 Å². The molecule has 1 heterocycles. The Hall–Kier alpha value is -2.47. The molecule has 0 amide bonds. The zero-order valence-corrected chi connectivity index (χ0v) is 15.1. The predicted octanol–water partition coefficient (Wildman–Crippen LogP) is 4.09. The monoisotopic (exact) mass is 357 g/mol. The average Bonchev–Trinajstić information content (AvgIpc) is 2.59. The Bertz CT molecular complexity index is 821. The van der Waals surface area contributed by atoms with Crippen molar-refractivity contribution in [2.45, 2.75) is 29.7 Å². The SMILES string of the molecule is CCOC(=O)[C@@H](OC(C)=O)c1ccc2c(c1)Sc1ccccc1N2C. The lowest BCUT2D eigenvalue weighted by Gasteiger charge is -2.30. The lowest BCUT2D eigenvalue weighted by Crippen LogP contribution is -2.21. The van der Waals surface area contributed by atoms with Gasteiger partial charge >= 0.3 is 11.9 Å². The highest BCUT2D eigenvalue weighted by molar-refractivity contribution is 7.99. The number of esters is 2. The molecule has 1 aliphatic heterocycles. The topological polar surface area (TPSA) is 55.8 Å². The first-order chi connectivity index (χ1) is 12.0. The molecule has 2 aromatic carbocycles. The minimum Gasteiger partial charge on any atom is -0.463 e.